The van der Waals surface area contributed by atoms with Crippen LogP contribution >= 0.6 is 0 Å². The molecule has 0 amide bonds. The Morgan fingerprint density at radius 1 is 0.660 bits per heavy atom. The van der Waals surface area contributed by atoms with Gasteiger partial charge >= 0.3 is 23.9 Å². The van der Waals surface area contributed by atoms with Gasteiger partial charge in [-0.3, -0.25) is 0 Å². The topological polar surface area (TPSA) is 167 Å². The number of ether oxygens (including phenoxy) is 5. The second kappa shape index (κ2) is 14.4. The molecule has 0 aromatic carbocycles. The van der Waals surface area contributed by atoms with Gasteiger partial charge in [-0.25, -0.2) is 19.2 Å². The van der Waals surface area contributed by atoms with Crippen LogP contribution in [0.25, 0.3) is 0 Å². The monoisotopic (exact) mass is 732 g/mol. The molecule has 1 spiro atoms. The van der Waals surface area contributed by atoms with Gasteiger partial charge in [0.1, 0.15) is 24.9 Å². The first-order chi connectivity index (χ1) is 25.5. The van der Waals surface area contributed by atoms with Crippen LogP contribution in [0.5, 0.6) is 0 Å². The third-order valence-electron chi connectivity index (χ3n) is 12.1. The second-order valence-corrected chi connectivity index (χ2v) is 15.0. The van der Waals surface area contributed by atoms with Gasteiger partial charge in [0.15, 0.2) is 0 Å². The van der Waals surface area contributed by atoms with Crippen LogP contribution in [0.2, 0.25) is 0 Å². The summed E-state index contributed by atoms with van der Waals surface area (Å²) < 4.78 is 52.1. The molecule has 3 aliphatic rings. The van der Waals surface area contributed by atoms with Gasteiger partial charge < -0.3 is 41.4 Å². The Morgan fingerprint density at radius 3 is 1.74 bits per heavy atom. The molecule has 0 N–H and O–H groups in total. The van der Waals surface area contributed by atoms with Crippen molar-refractivity contribution in [2.45, 2.75) is 83.0 Å². The number of carbonyl (C=O) groups is 4. The molecule has 5 heterocycles. The van der Waals surface area contributed by atoms with Crippen molar-refractivity contribution in [2.75, 3.05) is 19.8 Å². The maximum atomic E-state index is 13.3. The minimum atomic E-state index is -1.00. The van der Waals surface area contributed by atoms with Crippen LogP contribution in [0.4, 0.5) is 0 Å². The highest BCUT2D eigenvalue weighted by Gasteiger charge is 2.70. The molecule has 13 nitrogen and oxygen atoms in total. The van der Waals surface area contributed by atoms with Gasteiger partial charge in [-0.15, -0.1) is 0 Å². The van der Waals surface area contributed by atoms with Crippen molar-refractivity contribution in [2.24, 2.45) is 22.7 Å². The first-order valence-corrected chi connectivity index (χ1v) is 18.1. The average Bonchev–Trinajstić information content (AvgIpc) is 4.00. The fourth-order valence-corrected chi connectivity index (χ4v) is 9.37. The Balaban J connectivity index is 1.18. The normalized spacial score (nSPS) is 30.7. The molecule has 53 heavy (non-hydrogen) atoms. The Bertz CT molecular complexity index is 1860. The van der Waals surface area contributed by atoms with Gasteiger partial charge in [-0.1, -0.05) is 20.8 Å². The maximum absolute atomic E-state index is 13.3. The van der Waals surface area contributed by atoms with Crippen molar-refractivity contribution >= 4 is 23.9 Å². The highest BCUT2D eigenvalue weighted by atomic mass is 16.6. The number of furan rings is 4. The molecule has 4 aromatic rings. The molecule has 0 radical (unpaired) electrons. The van der Waals surface area contributed by atoms with E-state index in [9.17, 15) is 19.2 Å². The minimum Gasteiger partial charge on any atom is -0.460 e. The van der Waals surface area contributed by atoms with E-state index in [-0.39, 0.29) is 61.1 Å². The molecule has 2 aliphatic carbocycles. The molecular weight excluding hydrogens is 688 g/mol. The zero-order valence-electron chi connectivity index (χ0n) is 30.0. The first-order valence-electron chi connectivity index (χ1n) is 18.1. The molecule has 7 rings (SSSR count). The van der Waals surface area contributed by atoms with Crippen LogP contribution in [0, 0.1) is 22.7 Å². The summed E-state index contributed by atoms with van der Waals surface area (Å²) >= 11 is 0. The van der Waals surface area contributed by atoms with Crippen LogP contribution < -0.4 is 0 Å². The number of rotatable bonds is 12. The lowest BCUT2D eigenvalue weighted by molar-refractivity contribution is -0.271. The van der Waals surface area contributed by atoms with Crippen LogP contribution in [0.1, 0.15) is 108 Å². The van der Waals surface area contributed by atoms with Gasteiger partial charge in [0.2, 0.25) is 23.0 Å². The number of fused-ring (bicyclic) bond motifs is 2. The highest BCUT2D eigenvalue weighted by molar-refractivity contribution is 5.87. The molecule has 1 aliphatic heterocycles. The highest BCUT2D eigenvalue weighted by Crippen LogP contribution is 2.68. The summed E-state index contributed by atoms with van der Waals surface area (Å²) in [7, 11) is 0. The van der Waals surface area contributed by atoms with Crippen molar-refractivity contribution < 1.29 is 60.5 Å². The maximum Gasteiger partial charge on any atom is 0.374 e. The van der Waals surface area contributed by atoms with E-state index in [1.807, 2.05) is 6.92 Å². The smallest absolute Gasteiger partial charge is 0.374 e. The molecule has 3 fully saturated rings. The first kappa shape index (κ1) is 36.3. The molecule has 282 valence electrons. The molecular formula is C40H44O13. The van der Waals surface area contributed by atoms with Crippen molar-refractivity contribution in [1.29, 1.82) is 0 Å². The van der Waals surface area contributed by atoms with E-state index in [1.54, 1.807) is 30.3 Å². The summed E-state index contributed by atoms with van der Waals surface area (Å²) in [6.45, 7) is 6.26. The number of carbonyl (C=O) groups excluding carboxylic acids is 4. The standard InChI is InChI=1S/C40H44O13/c1-26-12-13-31-37(2,24-50-34(42)28-9-5-20-46-28)32(52-36(44)30-11-7-22-48-30)14-15-38(31,3)40(26)17-16-39(53-40,25-51-35(43)29-10-6-21-47-29)18-23-49-33(41)27-8-4-19-45-27/h4-11,19-22,26,31-32H,12-18,23-25H2,1-3H3. The molecule has 2 saturated carbocycles. The molecule has 7 atom stereocenters. The van der Waals surface area contributed by atoms with Gasteiger partial charge in [0.25, 0.3) is 0 Å². The number of hydrogen-bond donors (Lipinski definition) is 0. The average molecular weight is 733 g/mol. The zero-order chi connectivity index (χ0) is 37.3. The zero-order valence-corrected chi connectivity index (χ0v) is 30.0. The Morgan fingerprint density at radius 2 is 1.19 bits per heavy atom. The fraction of sp³-hybridized carbons (Fsp3) is 0.500. The third kappa shape index (κ3) is 6.71. The van der Waals surface area contributed by atoms with E-state index < -0.39 is 52.0 Å². The van der Waals surface area contributed by atoms with Gasteiger partial charge in [0, 0.05) is 17.3 Å². The summed E-state index contributed by atoms with van der Waals surface area (Å²) in [5.74, 6) is -2.19. The van der Waals surface area contributed by atoms with Crippen molar-refractivity contribution in [1.82, 2.24) is 0 Å². The minimum absolute atomic E-state index is 0.00626. The predicted octanol–water partition coefficient (Wildman–Crippen LogP) is 7.69. The van der Waals surface area contributed by atoms with Gasteiger partial charge in [-0.05, 0) is 98.9 Å². The Kier molecular flexibility index (Phi) is 9.88. The molecule has 1 saturated heterocycles. The predicted molar refractivity (Wildman–Crippen MR) is 183 cm³/mol. The molecule has 7 unspecified atom stereocenters. The van der Waals surface area contributed by atoms with Crippen LogP contribution in [0.3, 0.4) is 0 Å². The van der Waals surface area contributed by atoms with Crippen LogP contribution in [-0.2, 0) is 23.7 Å². The largest absolute Gasteiger partial charge is 0.460 e. The van der Waals surface area contributed by atoms with Crippen molar-refractivity contribution in [3.05, 3.63) is 96.6 Å². The number of hydrogen-bond acceptors (Lipinski definition) is 13. The van der Waals surface area contributed by atoms with Crippen molar-refractivity contribution in [3.8, 4) is 0 Å². The van der Waals surface area contributed by atoms with E-state index in [0.29, 0.717) is 25.7 Å². The summed E-state index contributed by atoms with van der Waals surface area (Å²) in [6.07, 6.45) is 9.04. The molecule has 13 heteroatoms. The van der Waals surface area contributed by atoms with Crippen LogP contribution in [0.15, 0.2) is 91.3 Å². The Hall–Kier alpha value is -5.04. The summed E-state index contributed by atoms with van der Waals surface area (Å²) in [4.78, 5) is 52.1. The lowest BCUT2D eigenvalue weighted by atomic mass is 9.43. The van der Waals surface area contributed by atoms with E-state index in [0.717, 1.165) is 12.8 Å². The lowest BCUT2D eigenvalue weighted by Crippen LogP contribution is -2.67. The summed E-state index contributed by atoms with van der Waals surface area (Å²) in [5.41, 5.74) is -3.08. The summed E-state index contributed by atoms with van der Waals surface area (Å²) in [5, 5.41) is 0. The van der Waals surface area contributed by atoms with Crippen LogP contribution in [-0.4, -0.2) is 61.0 Å². The third-order valence-corrected chi connectivity index (χ3v) is 12.1. The molecule has 4 aromatic heterocycles. The second-order valence-electron chi connectivity index (χ2n) is 15.0. The summed E-state index contributed by atoms with van der Waals surface area (Å²) in [6, 6.07) is 12.6. The van der Waals surface area contributed by atoms with E-state index in [1.165, 1.54) is 43.3 Å². The fourth-order valence-electron chi connectivity index (χ4n) is 9.37. The van der Waals surface area contributed by atoms with E-state index in [4.69, 9.17) is 41.4 Å². The van der Waals surface area contributed by atoms with E-state index in [2.05, 4.69) is 13.8 Å². The Labute approximate surface area is 306 Å². The lowest BCUT2D eigenvalue weighted by Gasteiger charge is -2.65. The molecule has 0 bridgehead atoms. The quantitative estimate of drug-likeness (QED) is 0.103. The van der Waals surface area contributed by atoms with E-state index >= 15 is 0 Å². The SMILES string of the molecule is CC1CCC2C(C)(COC(=O)c3ccco3)C(OC(=O)c3ccco3)CCC2(C)C12CCC(CCOC(=O)c1ccco1)(COC(=O)c1ccco1)O2. The van der Waals surface area contributed by atoms with Crippen molar-refractivity contribution in [3.63, 3.8) is 0 Å². The van der Waals surface area contributed by atoms with Gasteiger partial charge in [0.05, 0.1) is 37.3 Å². The number of esters is 4. The van der Waals surface area contributed by atoms with Gasteiger partial charge in [-0.2, -0.15) is 0 Å².